The summed E-state index contributed by atoms with van der Waals surface area (Å²) in [6.07, 6.45) is 7.39. The third-order valence-corrected chi connectivity index (χ3v) is 7.11. The molecule has 0 radical (unpaired) electrons. The predicted octanol–water partition coefficient (Wildman–Crippen LogP) is 2.56. The molecule has 8 nitrogen and oxygen atoms in total. The summed E-state index contributed by atoms with van der Waals surface area (Å²) < 4.78 is 1.68. The lowest BCUT2D eigenvalue weighted by Gasteiger charge is -2.44. The largest absolute Gasteiger partial charge is 0.350 e. The van der Waals surface area contributed by atoms with Gasteiger partial charge in [-0.1, -0.05) is 42.7 Å². The summed E-state index contributed by atoms with van der Waals surface area (Å²) in [6.45, 7) is 4.50. The Kier molecular flexibility index (Phi) is 5.46. The molecule has 0 spiro atoms. The Bertz CT molecular complexity index is 1100. The van der Waals surface area contributed by atoms with Gasteiger partial charge in [0.1, 0.15) is 11.2 Å². The van der Waals surface area contributed by atoms with Crippen LogP contribution in [0.4, 0.5) is 0 Å². The number of carbonyl (C=O) groups excluding carboxylic acids is 3. The van der Waals surface area contributed by atoms with Crippen LogP contribution in [0.1, 0.15) is 77.6 Å². The van der Waals surface area contributed by atoms with Crippen LogP contribution in [-0.2, 0) is 17.9 Å². The SMILES string of the molecule is Cc1cccc(CNC(=O)[C@@]2(C)Cn3cnc(C(=O)NC4CCCC4)c3C(=O)N2C2CC2)c1. The predicted molar refractivity (Wildman–Crippen MR) is 123 cm³/mol. The second-order valence-electron chi connectivity index (χ2n) is 9.88. The van der Waals surface area contributed by atoms with E-state index in [2.05, 4.69) is 15.6 Å². The summed E-state index contributed by atoms with van der Waals surface area (Å²) in [5.74, 6) is -0.779. The molecule has 1 atom stereocenters. The molecular formula is C25H31N5O3. The number of fused-ring (bicyclic) bond motifs is 1. The fourth-order valence-electron chi connectivity index (χ4n) is 5.24. The van der Waals surface area contributed by atoms with Gasteiger partial charge in [-0.15, -0.1) is 0 Å². The van der Waals surface area contributed by atoms with Crippen LogP contribution in [0.25, 0.3) is 0 Å². The van der Waals surface area contributed by atoms with Crippen LogP contribution in [0, 0.1) is 6.92 Å². The molecule has 33 heavy (non-hydrogen) atoms. The maximum Gasteiger partial charge on any atom is 0.274 e. The van der Waals surface area contributed by atoms with Crippen LogP contribution in [0.5, 0.6) is 0 Å². The molecule has 8 heteroatoms. The van der Waals surface area contributed by atoms with Crippen LogP contribution in [0.15, 0.2) is 30.6 Å². The summed E-state index contributed by atoms with van der Waals surface area (Å²) in [6, 6.07) is 8.16. The average Bonchev–Trinajstić information content (AvgIpc) is 3.29. The number of aromatic nitrogens is 2. The molecule has 174 valence electrons. The molecule has 2 aliphatic carbocycles. The van der Waals surface area contributed by atoms with Crippen molar-refractivity contribution in [1.82, 2.24) is 25.1 Å². The maximum atomic E-state index is 13.7. The molecule has 3 amide bonds. The van der Waals surface area contributed by atoms with Crippen LogP contribution in [0.3, 0.4) is 0 Å². The summed E-state index contributed by atoms with van der Waals surface area (Å²) in [5.41, 5.74) is 1.56. The lowest BCUT2D eigenvalue weighted by atomic mass is 9.93. The Morgan fingerprint density at radius 3 is 2.64 bits per heavy atom. The third-order valence-electron chi connectivity index (χ3n) is 7.11. The third kappa shape index (κ3) is 4.03. The summed E-state index contributed by atoms with van der Waals surface area (Å²) >= 11 is 0. The number of nitrogens with zero attached hydrogens (tertiary/aromatic N) is 3. The van der Waals surface area contributed by atoms with Crippen molar-refractivity contribution in [2.45, 2.75) is 83.1 Å². The van der Waals surface area contributed by atoms with Gasteiger partial charge in [-0.2, -0.15) is 0 Å². The van der Waals surface area contributed by atoms with E-state index >= 15 is 0 Å². The van der Waals surface area contributed by atoms with E-state index in [1.165, 1.54) is 6.33 Å². The highest BCUT2D eigenvalue weighted by molar-refractivity contribution is 6.07. The summed E-state index contributed by atoms with van der Waals surface area (Å²) in [7, 11) is 0. The van der Waals surface area contributed by atoms with Gasteiger partial charge >= 0.3 is 0 Å². The van der Waals surface area contributed by atoms with Crippen molar-refractivity contribution in [3.63, 3.8) is 0 Å². The van der Waals surface area contributed by atoms with Gasteiger partial charge in [-0.3, -0.25) is 14.4 Å². The van der Waals surface area contributed by atoms with E-state index in [-0.39, 0.29) is 42.0 Å². The number of benzene rings is 1. The number of rotatable bonds is 6. The lowest BCUT2D eigenvalue weighted by molar-refractivity contribution is -0.133. The van der Waals surface area contributed by atoms with Gasteiger partial charge in [0.05, 0.1) is 12.9 Å². The van der Waals surface area contributed by atoms with E-state index in [4.69, 9.17) is 0 Å². The van der Waals surface area contributed by atoms with E-state index in [0.29, 0.717) is 12.2 Å². The Morgan fingerprint density at radius 2 is 1.94 bits per heavy atom. The molecule has 0 saturated heterocycles. The van der Waals surface area contributed by atoms with Gasteiger partial charge in [-0.05, 0) is 45.1 Å². The van der Waals surface area contributed by atoms with Gasteiger partial charge in [0, 0.05) is 18.6 Å². The first kappa shape index (κ1) is 21.7. The van der Waals surface area contributed by atoms with E-state index in [9.17, 15) is 14.4 Å². The van der Waals surface area contributed by atoms with Crippen LogP contribution < -0.4 is 10.6 Å². The number of hydrogen-bond donors (Lipinski definition) is 2. The quantitative estimate of drug-likeness (QED) is 0.708. The Hall–Kier alpha value is -3.16. The highest BCUT2D eigenvalue weighted by atomic mass is 16.2. The zero-order valence-electron chi connectivity index (χ0n) is 19.3. The van der Waals surface area contributed by atoms with Crippen LogP contribution in [-0.4, -0.2) is 49.8 Å². The molecule has 3 aliphatic rings. The van der Waals surface area contributed by atoms with E-state index in [1.54, 1.807) is 9.47 Å². The van der Waals surface area contributed by atoms with Gasteiger partial charge in [0.2, 0.25) is 5.91 Å². The monoisotopic (exact) mass is 449 g/mol. The van der Waals surface area contributed by atoms with Gasteiger partial charge in [0.25, 0.3) is 11.8 Å². The fourth-order valence-corrected chi connectivity index (χ4v) is 5.24. The number of imidazole rings is 1. The minimum absolute atomic E-state index is 0.0154. The lowest BCUT2D eigenvalue weighted by Crippen LogP contribution is -2.64. The topological polar surface area (TPSA) is 96.3 Å². The zero-order chi connectivity index (χ0) is 23.2. The number of carbonyl (C=O) groups is 3. The molecule has 5 rings (SSSR count). The standard InChI is InChI=1S/C25H31N5O3/c1-16-6-5-7-17(12-16)13-26-24(33)25(2)14-29-15-27-20(22(31)28-18-8-3-4-9-18)21(29)23(32)30(25)19-10-11-19/h5-7,12,15,18-19H,3-4,8-11,13-14H2,1-2H3,(H,26,33)(H,28,31)/t25-/m1/s1. The highest BCUT2D eigenvalue weighted by Gasteiger charge is 2.53. The van der Waals surface area contributed by atoms with Crippen molar-refractivity contribution in [3.05, 3.63) is 53.1 Å². The van der Waals surface area contributed by atoms with Gasteiger partial charge in [0.15, 0.2) is 5.69 Å². The van der Waals surface area contributed by atoms with Gasteiger partial charge in [-0.25, -0.2) is 4.98 Å². The number of hydrogen-bond acceptors (Lipinski definition) is 4. The summed E-state index contributed by atoms with van der Waals surface area (Å²) in [4.78, 5) is 46.0. The number of amides is 3. The van der Waals surface area contributed by atoms with Crippen molar-refractivity contribution in [2.75, 3.05) is 0 Å². The molecule has 1 aromatic heterocycles. The first-order valence-electron chi connectivity index (χ1n) is 11.9. The fraction of sp³-hybridized carbons (Fsp3) is 0.520. The number of aryl methyl sites for hydroxylation is 1. The van der Waals surface area contributed by atoms with E-state index in [1.807, 2.05) is 38.1 Å². The normalized spacial score (nSPS) is 22.8. The van der Waals surface area contributed by atoms with Crippen molar-refractivity contribution < 1.29 is 14.4 Å². The van der Waals surface area contributed by atoms with Crippen LogP contribution >= 0.6 is 0 Å². The van der Waals surface area contributed by atoms with Crippen molar-refractivity contribution in [3.8, 4) is 0 Å². The molecule has 0 unspecified atom stereocenters. The molecule has 0 bridgehead atoms. The average molecular weight is 450 g/mol. The number of nitrogens with one attached hydrogen (secondary N) is 2. The molecule has 2 heterocycles. The molecule has 1 aliphatic heterocycles. The van der Waals surface area contributed by atoms with Gasteiger partial charge < -0.3 is 20.1 Å². The first-order chi connectivity index (χ1) is 15.9. The van der Waals surface area contributed by atoms with E-state index < -0.39 is 5.54 Å². The molecule has 2 aromatic rings. The van der Waals surface area contributed by atoms with Crippen LogP contribution in [0.2, 0.25) is 0 Å². The Labute approximate surface area is 193 Å². The highest BCUT2D eigenvalue weighted by Crippen LogP contribution is 2.39. The Balaban J connectivity index is 1.39. The molecule has 2 saturated carbocycles. The molecule has 1 aromatic carbocycles. The first-order valence-corrected chi connectivity index (χ1v) is 11.9. The smallest absolute Gasteiger partial charge is 0.274 e. The summed E-state index contributed by atoms with van der Waals surface area (Å²) in [5, 5.41) is 6.07. The zero-order valence-corrected chi connectivity index (χ0v) is 19.3. The van der Waals surface area contributed by atoms with Crippen molar-refractivity contribution in [1.29, 1.82) is 0 Å². The molecular weight excluding hydrogens is 418 g/mol. The second-order valence-corrected chi connectivity index (χ2v) is 9.88. The minimum atomic E-state index is -1.05. The minimum Gasteiger partial charge on any atom is -0.350 e. The second kappa shape index (κ2) is 8.32. The van der Waals surface area contributed by atoms with Crippen molar-refractivity contribution in [2.24, 2.45) is 0 Å². The maximum absolute atomic E-state index is 13.7. The van der Waals surface area contributed by atoms with E-state index in [0.717, 1.165) is 49.7 Å². The molecule has 2 fully saturated rings. The Morgan fingerprint density at radius 1 is 1.18 bits per heavy atom. The van der Waals surface area contributed by atoms with Crippen molar-refractivity contribution >= 4 is 17.7 Å². The molecule has 2 N–H and O–H groups in total.